The molecule has 4 aliphatic rings. The zero-order chi connectivity index (χ0) is 26.3. The van der Waals surface area contributed by atoms with E-state index in [9.17, 15) is 14.4 Å². The number of ether oxygens (including phenoxy) is 2. The molecular weight excluding hydrogens is 452 g/mol. The van der Waals surface area contributed by atoms with Crippen LogP contribution in [0, 0.1) is 46.3 Å². The second-order valence-corrected chi connectivity index (χ2v) is 12.7. The molecule has 0 radical (unpaired) electrons. The zero-order valence-electron chi connectivity index (χ0n) is 23.4. The van der Waals surface area contributed by atoms with Gasteiger partial charge < -0.3 is 9.47 Å². The lowest BCUT2D eigenvalue weighted by molar-refractivity contribution is -0.161. The molecule has 0 saturated heterocycles. The lowest BCUT2D eigenvalue weighted by atomic mass is 9.43. The standard InChI is InChI=1S/C31H48O5/c1-7-21-25-18-20(36-26(32)8-2)14-16-31(25,6)24-15-17-30(5)22(11-12-23(30)28(24)29(21)34)19(4)10-13-27(33)35-9-3/h7,19-20,22-25,28H,8-18H2,1-6H3/b21-7-/t19-,20-,22?,23?,24?,25?,28?,30-,31-/m1/s1. The van der Waals surface area contributed by atoms with Crippen molar-refractivity contribution in [2.45, 2.75) is 112 Å². The maximum atomic E-state index is 14.2. The van der Waals surface area contributed by atoms with Gasteiger partial charge in [0, 0.05) is 18.8 Å². The summed E-state index contributed by atoms with van der Waals surface area (Å²) in [7, 11) is 0. The molecule has 0 aromatic carbocycles. The average molecular weight is 501 g/mol. The summed E-state index contributed by atoms with van der Waals surface area (Å²) in [5.41, 5.74) is 1.24. The number of allylic oxidation sites excluding steroid dienone is 2. The van der Waals surface area contributed by atoms with E-state index in [0.29, 0.717) is 48.9 Å². The summed E-state index contributed by atoms with van der Waals surface area (Å²) in [6.07, 6.45) is 11.0. The Hall–Kier alpha value is -1.65. The normalized spacial score (nSPS) is 41.7. The van der Waals surface area contributed by atoms with Gasteiger partial charge in [0.05, 0.1) is 6.61 Å². The lowest BCUT2D eigenvalue weighted by Gasteiger charge is -2.61. The van der Waals surface area contributed by atoms with Crippen LogP contribution in [0.4, 0.5) is 0 Å². The first-order valence-corrected chi connectivity index (χ1v) is 14.7. The molecule has 0 bridgehead atoms. The van der Waals surface area contributed by atoms with Crippen LogP contribution in [0.25, 0.3) is 0 Å². The largest absolute Gasteiger partial charge is 0.466 e. The van der Waals surface area contributed by atoms with Crippen molar-refractivity contribution in [1.29, 1.82) is 0 Å². The molecular formula is C31H48O5. The van der Waals surface area contributed by atoms with E-state index in [0.717, 1.165) is 50.5 Å². The molecule has 36 heavy (non-hydrogen) atoms. The van der Waals surface area contributed by atoms with Gasteiger partial charge in [0.25, 0.3) is 0 Å². The molecule has 0 amide bonds. The second-order valence-electron chi connectivity index (χ2n) is 12.7. The average Bonchev–Trinajstić information content (AvgIpc) is 3.21. The lowest BCUT2D eigenvalue weighted by Crippen LogP contribution is -2.58. The molecule has 5 heteroatoms. The van der Waals surface area contributed by atoms with Crippen LogP contribution in [0.2, 0.25) is 0 Å². The SMILES string of the molecule is C/C=C1\C(=O)C2C(CC[C@@]3(C)C2CCC3[C@H](C)CCC(=O)OCC)[C@@]2(C)CC[C@@H](OC(=O)CC)CC12. The van der Waals surface area contributed by atoms with Gasteiger partial charge in [0.15, 0.2) is 5.78 Å². The third-order valence-corrected chi connectivity index (χ3v) is 11.1. The Bertz CT molecular complexity index is 891. The molecule has 4 rings (SSSR count). The Morgan fingerprint density at radius 2 is 1.72 bits per heavy atom. The van der Waals surface area contributed by atoms with Gasteiger partial charge in [-0.05, 0) is 111 Å². The third-order valence-electron chi connectivity index (χ3n) is 11.1. The Kier molecular flexibility index (Phi) is 8.07. The molecule has 202 valence electrons. The minimum Gasteiger partial charge on any atom is -0.466 e. The fourth-order valence-corrected chi connectivity index (χ4v) is 9.31. The van der Waals surface area contributed by atoms with Crippen molar-refractivity contribution in [2.75, 3.05) is 6.61 Å². The van der Waals surface area contributed by atoms with Crippen molar-refractivity contribution >= 4 is 17.7 Å². The molecule has 9 atom stereocenters. The van der Waals surface area contributed by atoms with Gasteiger partial charge in [0.2, 0.25) is 0 Å². The first-order valence-electron chi connectivity index (χ1n) is 14.7. The van der Waals surface area contributed by atoms with E-state index in [4.69, 9.17) is 9.47 Å². The van der Waals surface area contributed by atoms with Crippen molar-refractivity contribution < 1.29 is 23.9 Å². The summed E-state index contributed by atoms with van der Waals surface area (Å²) in [6, 6.07) is 0. The molecule has 0 aromatic rings. The third kappa shape index (κ3) is 4.58. The van der Waals surface area contributed by atoms with Crippen LogP contribution in [-0.4, -0.2) is 30.4 Å². The molecule has 0 aliphatic heterocycles. The van der Waals surface area contributed by atoms with Crippen LogP contribution in [0.15, 0.2) is 11.6 Å². The number of rotatable bonds is 7. The summed E-state index contributed by atoms with van der Waals surface area (Å²) >= 11 is 0. The number of esters is 2. The first kappa shape index (κ1) is 27.4. The van der Waals surface area contributed by atoms with Crippen LogP contribution >= 0.6 is 0 Å². The van der Waals surface area contributed by atoms with Crippen molar-refractivity contribution in [1.82, 2.24) is 0 Å². The molecule has 4 fully saturated rings. The summed E-state index contributed by atoms with van der Waals surface area (Å²) in [4.78, 5) is 38.2. The minimum atomic E-state index is -0.131. The fraction of sp³-hybridized carbons (Fsp3) is 0.839. The maximum absolute atomic E-state index is 14.2. The van der Waals surface area contributed by atoms with Crippen molar-refractivity contribution in [3.63, 3.8) is 0 Å². The monoisotopic (exact) mass is 500 g/mol. The van der Waals surface area contributed by atoms with Crippen LogP contribution in [0.5, 0.6) is 0 Å². The van der Waals surface area contributed by atoms with Crippen molar-refractivity contribution in [2.24, 2.45) is 46.3 Å². The highest BCUT2D eigenvalue weighted by atomic mass is 16.5. The van der Waals surface area contributed by atoms with E-state index in [1.54, 1.807) is 0 Å². The van der Waals surface area contributed by atoms with Gasteiger partial charge in [-0.25, -0.2) is 0 Å². The van der Waals surface area contributed by atoms with E-state index in [1.807, 2.05) is 20.8 Å². The molecule has 0 heterocycles. The Labute approximate surface area is 218 Å². The minimum absolute atomic E-state index is 0.0696. The van der Waals surface area contributed by atoms with Gasteiger partial charge >= 0.3 is 11.9 Å². The van der Waals surface area contributed by atoms with Gasteiger partial charge in [-0.1, -0.05) is 33.8 Å². The van der Waals surface area contributed by atoms with E-state index in [2.05, 4.69) is 26.8 Å². The summed E-state index contributed by atoms with van der Waals surface area (Å²) < 4.78 is 10.9. The first-order chi connectivity index (χ1) is 17.1. The van der Waals surface area contributed by atoms with Crippen LogP contribution in [-0.2, 0) is 23.9 Å². The van der Waals surface area contributed by atoms with Gasteiger partial charge in [0.1, 0.15) is 6.10 Å². The van der Waals surface area contributed by atoms with Crippen LogP contribution in [0.1, 0.15) is 106 Å². The smallest absolute Gasteiger partial charge is 0.305 e. The van der Waals surface area contributed by atoms with Gasteiger partial charge in [-0.15, -0.1) is 0 Å². The van der Waals surface area contributed by atoms with Crippen LogP contribution < -0.4 is 0 Å². The van der Waals surface area contributed by atoms with E-state index < -0.39 is 0 Å². The number of ketones is 1. The second kappa shape index (κ2) is 10.6. The predicted octanol–water partition coefficient (Wildman–Crippen LogP) is 6.68. The Morgan fingerprint density at radius 3 is 2.39 bits per heavy atom. The van der Waals surface area contributed by atoms with E-state index in [1.165, 1.54) is 6.42 Å². The zero-order valence-corrected chi connectivity index (χ0v) is 23.4. The highest BCUT2D eigenvalue weighted by Crippen LogP contribution is 2.68. The molecule has 0 aromatic heterocycles. The topological polar surface area (TPSA) is 69.7 Å². The number of fused-ring (bicyclic) bond motifs is 5. The molecule has 4 aliphatic carbocycles. The number of hydrogen-bond acceptors (Lipinski definition) is 5. The predicted molar refractivity (Wildman–Crippen MR) is 140 cm³/mol. The number of Topliss-reactive ketones (excluding diaryl/α,β-unsaturated/α-hetero) is 1. The van der Waals surface area contributed by atoms with Crippen molar-refractivity contribution in [3.05, 3.63) is 11.6 Å². The highest BCUT2D eigenvalue weighted by molar-refractivity contribution is 5.99. The summed E-state index contributed by atoms with van der Waals surface area (Å²) in [6.45, 7) is 13.3. The summed E-state index contributed by atoms with van der Waals surface area (Å²) in [5, 5.41) is 0. The van der Waals surface area contributed by atoms with Crippen molar-refractivity contribution in [3.8, 4) is 0 Å². The van der Waals surface area contributed by atoms with E-state index >= 15 is 0 Å². The quantitative estimate of drug-likeness (QED) is 0.288. The Morgan fingerprint density at radius 1 is 1.03 bits per heavy atom. The molecule has 0 N–H and O–H groups in total. The van der Waals surface area contributed by atoms with E-state index in [-0.39, 0.29) is 40.7 Å². The number of carbonyl (C=O) groups is 3. The molecule has 0 spiro atoms. The fourth-order valence-electron chi connectivity index (χ4n) is 9.31. The molecule has 5 nitrogen and oxygen atoms in total. The summed E-state index contributed by atoms with van der Waals surface area (Å²) in [5.74, 6) is 2.28. The van der Waals surface area contributed by atoms with Gasteiger partial charge in [-0.2, -0.15) is 0 Å². The molecule has 4 saturated carbocycles. The molecule has 5 unspecified atom stereocenters. The van der Waals surface area contributed by atoms with Gasteiger partial charge in [-0.3, -0.25) is 14.4 Å². The van der Waals surface area contributed by atoms with Crippen LogP contribution in [0.3, 0.4) is 0 Å². The number of hydrogen-bond donors (Lipinski definition) is 0. The number of carbonyl (C=O) groups excluding carboxylic acids is 3. The Balaban J connectivity index is 1.55. The highest BCUT2D eigenvalue weighted by Gasteiger charge is 2.64. The maximum Gasteiger partial charge on any atom is 0.305 e.